The second-order valence-corrected chi connectivity index (χ2v) is 8.32. The van der Waals surface area contributed by atoms with Gasteiger partial charge in [0.15, 0.2) is 5.82 Å². The maximum atomic E-state index is 4.36. The lowest BCUT2D eigenvalue weighted by molar-refractivity contribution is 0.0593. The highest BCUT2D eigenvalue weighted by Gasteiger charge is 2.38. The zero-order chi connectivity index (χ0) is 19.5. The van der Waals surface area contributed by atoms with Crippen LogP contribution >= 0.6 is 0 Å². The molecule has 2 saturated heterocycles. The molecule has 148 valence electrons. The molecule has 2 bridgehead atoms. The molecule has 0 amide bonds. The molecule has 0 atom stereocenters. The molecule has 2 aromatic carbocycles. The second-order valence-electron chi connectivity index (χ2n) is 8.32. The van der Waals surface area contributed by atoms with E-state index in [0.29, 0.717) is 0 Å². The topological polar surface area (TPSA) is 57.7 Å². The summed E-state index contributed by atoms with van der Waals surface area (Å²) < 4.78 is 0. The molecular formula is C24H27N5. The first-order valence-electron chi connectivity index (χ1n) is 10.6. The maximum Gasteiger partial charge on any atom is 0.167 e. The standard InChI is InChI=1S/C24H27N5/c1-3-8-20(9-4-1)24(23-25-27-28-26-23,21-10-5-2-6-11-21)16-7-17-29-18-19-12-14-22(29)15-13-19/h1-11,16,19,22H,12-15,17-18H2,(H,25,26,27,28)/t19-,22-. The smallest absolute Gasteiger partial charge is 0.167 e. The lowest BCUT2D eigenvalue weighted by Gasteiger charge is -2.45. The van der Waals surface area contributed by atoms with Crippen LogP contribution in [-0.2, 0) is 5.41 Å². The Balaban J connectivity index is 1.55. The number of hydrogen-bond acceptors (Lipinski definition) is 4. The summed E-state index contributed by atoms with van der Waals surface area (Å²) in [6.45, 7) is 2.21. The molecule has 29 heavy (non-hydrogen) atoms. The van der Waals surface area contributed by atoms with Crippen molar-refractivity contribution in [2.24, 2.45) is 5.92 Å². The number of nitrogens with one attached hydrogen (secondary N) is 1. The van der Waals surface area contributed by atoms with Gasteiger partial charge >= 0.3 is 0 Å². The average molecular weight is 386 g/mol. The number of fused-ring (bicyclic) bond motifs is 3. The van der Waals surface area contributed by atoms with E-state index in [0.717, 1.165) is 35.5 Å². The van der Waals surface area contributed by atoms with Crippen LogP contribution in [0.25, 0.3) is 0 Å². The van der Waals surface area contributed by atoms with E-state index in [1.165, 1.54) is 32.2 Å². The van der Waals surface area contributed by atoms with Gasteiger partial charge in [0.05, 0.1) is 5.41 Å². The quantitative estimate of drug-likeness (QED) is 0.653. The summed E-state index contributed by atoms with van der Waals surface area (Å²) in [4.78, 5) is 2.66. The monoisotopic (exact) mass is 385 g/mol. The molecule has 3 aromatic rings. The molecule has 1 aliphatic carbocycles. The summed E-state index contributed by atoms with van der Waals surface area (Å²) in [5.41, 5.74) is 1.77. The number of nitrogens with zero attached hydrogens (tertiary/aromatic N) is 4. The van der Waals surface area contributed by atoms with Crippen LogP contribution in [0, 0.1) is 5.92 Å². The highest BCUT2D eigenvalue weighted by Crippen LogP contribution is 2.39. The van der Waals surface area contributed by atoms with Crippen molar-refractivity contribution in [3.8, 4) is 0 Å². The number of aromatic nitrogens is 4. The van der Waals surface area contributed by atoms with Gasteiger partial charge in [-0.05, 0) is 53.2 Å². The molecule has 3 fully saturated rings. The Kier molecular flexibility index (Phi) is 4.98. The van der Waals surface area contributed by atoms with Crippen LogP contribution in [0.5, 0.6) is 0 Å². The minimum absolute atomic E-state index is 0.541. The van der Waals surface area contributed by atoms with Gasteiger partial charge in [0.2, 0.25) is 0 Å². The number of hydrogen-bond donors (Lipinski definition) is 1. The first kappa shape index (κ1) is 18.3. The Morgan fingerprint density at radius 2 is 1.59 bits per heavy atom. The predicted molar refractivity (Wildman–Crippen MR) is 113 cm³/mol. The molecule has 1 N–H and O–H groups in total. The van der Waals surface area contributed by atoms with Gasteiger partial charge in [0.25, 0.3) is 0 Å². The SMILES string of the molecule is C(=CC(c1ccccc1)(c1ccccc1)c1nnn[nH]1)CN1C[C@H]2CC[C@H]1CC2. The first-order chi connectivity index (χ1) is 14.4. The highest BCUT2D eigenvalue weighted by atomic mass is 15.5. The van der Waals surface area contributed by atoms with Gasteiger partial charge in [-0.3, -0.25) is 4.90 Å². The van der Waals surface area contributed by atoms with E-state index in [1.807, 2.05) is 12.1 Å². The fourth-order valence-corrected chi connectivity index (χ4v) is 5.20. The van der Waals surface area contributed by atoms with E-state index in [9.17, 15) is 0 Å². The Bertz CT molecular complexity index is 888. The third-order valence-electron chi connectivity index (χ3n) is 6.71. The fourth-order valence-electron chi connectivity index (χ4n) is 5.20. The summed E-state index contributed by atoms with van der Waals surface area (Å²) in [5, 5.41) is 15.2. The van der Waals surface area contributed by atoms with E-state index in [4.69, 9.17) is 0 Å². The Labute approximate surface area is 171 Å². The van der Waals surface area contributed by atoms with Gasteiger partial charge in [-0.2, -0.15) is 0 Å². The minimum Gasteiger partial charge on any atom is -0.296 e. The van der Waals surface area contributed by atoms with Crippen LogP contribution < -0.4 is 0 Å². The summed E-state index contributed by atoms with van der Waals surface area (Å²) in [6.07, 6.45) is 10.1. The van der Waals surface area contributed by atoms with Crippen molar-refractivity contribution in [2.75, 3.05) is 13.1 Å². The molecule has 1 aromatic heterocycles. The van der Waals surface area contributed by atoms with E-state index >= 15 is 0 Å². The molecule has 3 aliphatic rings. The molecular weight excluding hydrogens is 358 g/mol. The number of H-pyrrole nitrogens is 1. The van der Waals surface area contributed by atoms with Crippen molar-refractivity contribution in [3.05, 3.63) is 89.8 Å². The number of tetrazole rings is 1. The lowest BCUT2D eigenvalue weighted by atomic mass is 9.73. The van der Waals surface area contributed by atoms with Crippen molar-refractivity contribution >= 4 is 0 Å². The Morgan fingerprint density at radius 3 is 2.10 bits per heavy atom. The molecule has 5 heteroatoms. The normalized spacial score (nSPS) is 22.3. The molecule has 3 heterocycles. The van der Waals surface area contributed by atoms with E-state index in [-0.39, 0.29) is 0 Å². The zero-order valence-corrected chi connectivity index (χ0v) is 16.6. The third-order valence-corrected chi connectivity index (χ3v) is 6.71. The van der Waals surface area contributed by atoms with Gasteiger partial charge in [-0.15, -0.1) is 5.10 Å². The number of allylic oxidation sites excluding steroid dienone is 1. The Hall–Kier alpha value is -2.79. The van der Waals surface area contributed by atoms with Crippen molar-refractivity contribution in [1.82, 2.24) is 25.5 Å². The van der Waals surface area contributed by atoms with Crippen LogP contribution in [0.4, 0.5) is 0 Å². The van der Waals surface area contributed by atoms with Crippen LogP contribution in [0.1, 0.15) is 42.6 Å². The molecule has 0 unspecified atom stereocenters. The molecule has 0 spiro atoms. The van der Waals surface area contributed by atoms with Crippen molar-refractivity contribution < 1.29 is 0 Å². The highest BCUT2D eigenvalue weighted by molar-refractivity contribution is 5.50. The van der Waals surface area contributed by atoms with Gasteiger partial charge in [-0.25, -0.2) is 5.10 Å². The van der Waals surface area contributed by atoms with E-state index in [1.54, 1.807) is 0 Å². The largest absolute Gasteiger partial charge is 0.296 e. The molecule has 2 aliphatic heterocycles. The minimum atomic E-state index is -0.541. The predicted octanol–water partition coefficient (Wildman–Crippen LogP) is 3.96. The molecule has 6 rings (SSSR count). The number of rotatable bonds is 6. The van der Waals surface area contributed by atoms with E-state index in [2.05, 4.69) is 86.2 Å². The number of piperidine rings is 2. The number of aromatic amines is 1. The molecule has 0 radical (unpaired) electrons. The Morgan fingerprint density at radius 1 is 0.931 bits per heavy atom. The van der Waals surface area contributed by atoms with Gasteiger partial charge in [-0.1, -0.05) is 72.8 Å². The molecule has 1 saturated carbocycles. The van der Waals surface area contributed by atoms with E-state index < -0.39 is 5.41 Å². The zero-order valence-electron chi connectivity index (χ0n) is 16.6. The van der Waals surface area contributed by atoms with Crippen LogP contribution in [0.3, 0.4) is 0 Å². The van der Waals surface area contributed by atoms with Crippen LogP contribution in [0.15, 0.2) is 72.8 Å². The summed E-state index contributed by atoms with van der Waals surface area (Å²) in [5.74, 6) is 1.63. The second kappa shape index (κ2) is 7.91. The maximum absolute atomic E-state index is 4.36. The van der Waals surface area contributed by atoms with Crippen LogP contribution in [0.2, 0.25) is 0 Å². The average Bonchev–Trinajstić information content (AvgIpc) is 3.34. The summed E-state index contributed by atoms with van der Waals surface area (Å²) in [7, 11) is 0. The summed E-state index contributed by atoms with van der Waals surface area (Å²) >= 11 is 0. The third kappa shape index (κ3) is 3.40. The van der Waals surface area contributed by atoms with Gasteiger partial charge < -0.3 is 0 Å². The van der Waals surface area contributed by atoms with Crippen molar-refractivity contribution in [3.63, 3.8) is 0 Å². The van der Waals surface area contributed by atoms with Gasteiger partial charge in [0.1, 0.15) is 0 Å². The summed E-state index contributed by atoms with van der Waals surface area (Å²) in [6, 6.07) is 21.8. The van der Waals surface area contributed by atoms with Gasteiger partial charge in [0, 0.05) is 19.1 Å². The molecule has 5 nitrogen and oxygen atoms in total. The number of benzene rings is 2. The lowest BCUT2D eigenvalue weighted by Crippen LogP contribution is -2.47. The van der Waals surface area contributed by atoms with Crippen LogP contribution in [-0.4, -0.2) is 44.7 Å². The van der Waals surface area contributed by atoms with Crippen molar-refractivity contribution in [2.45, 2.75) is 37.1 Å². The van der Waals surface area contributed by atoms with Crippen molar-refractivity contribution in [1.29, 1.82) is 0 Å². The fraction of sp³-hybridized carbons (Fsp3) is 0.375. The first-order valence-corrected chi connectivity index (χ1v) is 10.6.